The molecule has 0 amide bonds. The van der Waals surface area contributed by atoms with Gasteiger partial charge in [-0.05, 0) is 12.5 Å². The second-order valence-electron chi connectivity index (χ2n) is 1.57. The van der Waals surface area contributed by atoms with E-state index in [1.807, 2.05) is 13.8 Å². The monoisotopic (exact) mass is 83.1 g/mol. The molecule has 0 saturated carbocycles. The Balaban J connectivity index is 2.83. The minimum absolute atomic E-state index is 1.06. The van der Waals surface area contributed by atoms with E-state index < -0.39 is 0 Å². The van der Waals surface area contributed by atoms with Crippen LogP contribution in [0.1, 0.15) is 20.3 Å². The van der Waals surface area contributed by atoms with E-state index in [1.165, 1.54) is 5.57 Å². The lowest BCUT2D eigenvalue weighted by atomic mass is 10.2. The Bertz CT molecular complexity index is 44.0. The number of hydrogen-bond donors (Lipinski definition) is 0. The standard InChI is InChI=1S/C6H11/c1-4-5-6(2)3/h4H,2,5H2,1,3H3/q+1. The first kappa shape index (κ1) is 5.61. The predicted molar refractivity (Wildman–Crippen MR) is 29.4 cm³/mol. The highest BCUT2D eigenvalue weighted by atomic mass is 13.8. The highest BCUT2D eigenvalue weighted by Crippen LogP contribution is 1.95. The molecule has 0 spiro atoms. The van der Waals surface area contributed by atoms with E-state index >= 15 is 0 Å². The smallest absolute Gasteiger partial charge is 0.0959 e. The Hall–Kier alpha value is -0.390. The molecule has 6 heavy (non-hydrogen) atoms. The molecule has 0 unspecified atom stereocenters. The highest BCUT2D eigenvalue weighted by Gasteiger charge is 1.85. The van der Waals surface area contributed by atoms with Gasteiger partial charge in [-0.15, -0.1) is 0 Å². The lowest BCUT2D eigenvalue weighted by Gasteiger charge is -1.78. The summed E-state index contributed by atoms with van der Waals surface area (Å²) in [7, 11) is 0. The first-order valence-electron chi connectivity index (χ1n) is 2.19. The van der Waals surface area contributed by atoms with Gasteiger partial charge < -0.3 is 0 Å². The molecule has 0 aromatic carbocycles. The van der Waals surface area contributed by atoms with Gasteiger partial charge in [0.15, 0.2) is 0 Å². The second-order valence-corrected chi connectivity index (χ2v) is 1.57. The maximum absolute atomic E-state index is 3.71. The zero-order chi connectivity index (χ0) is 4.99. The highest BCUT2D eigenvalue weighted by molar-refractivity contribution is 4.91. The van der Waals surface area contributed by atoms with Gasteiger partial charge in [0.1, 0.15) is 6.42 Å². The molecule has 0 fully saturated rings. The van der Waals surface area contributed by atoms with Gasteiger partial charge in [-0.3, -0.25) is 0 Å². The third kappa shape index (κ3) is 3.61. The Morgan fingerprint density at radius 1 is 1.83 bits per heavy atom. The van der Waals surface area contributed by atoms with Crippen LogP contribution in [0.5, 0.6) is 0 Å². The third-order valence-corrected chi connectivity index (χ3v) is 0.553. The van der Waals surface area contributed by atoms with Crippen LogP contribution in [-0.4, -0.2) is 0 Å². The van der Waals surface area contributed by atoms with Crippen LogP contribution in [0.3, 0.4) is 0 Å². The molecular weight excluding hydrogens is 72.1 g/mol. The second kappa shape index (κ2) is 2.83. The maximum Gasteiger partial charge on any atom is 0.108 e. The van der Waals surface area contributed by atoms with Gasteiger partial charge in [0.05, 0.1) is 13.3 Å². The lowest BCUT2D eigenvalue weighted by molar-refractivity contribution is 1.11. The van der Waals surface area contributed by atoms with Gasteiger partial charge in [-0.25, -0.2) is 0 Å². The first-order chi connectivity index (χ1) is 2.77. The lowest BCUT2D eigenvalue weighted by Crippen LogP contribution is -1.67. The van der Waals surface area contributed by atoms with Crippen LogP contribution in [-0.2, 0) is 0 Å². The Kier molecular flexibility index (Phi) is 2.64. The predicted octanol–water partition coefficient (Wildman–Crippen LogP) is 2.18. The SMILES string of the molecule is C=C(C)C[CH+]C. The average Bonchev–Trinajstić information content (AvgIpc) is 1.35. The third-order valence-electron chi connectivity index (χ3n) is 0.553. The normalized spacial score (nSPS) is 7.67. The van der Waals surface area contributed by atoms with E-state index in [1.54, 1.807) is 0 Å². The van der Waals surface area contributed by atoms with Crippen LogP contribution in [0, 0.1) is 6.42 Å². The van der Waals surface area contributed by atoms with E-state index in [9.17, 15) is 0 Å². The minimum Gasteiger partial charge on any atom is -0.0959 e. The molecule has 0 N–H and O–H groups in total. The van der Waals surface area contributed by atoms with Crippen molar-refractivity contribution in [3.8, 4) is 0 Å². The maximum atomic E-state index is 3.71. The van der Waals surface area contributed by atoms with Crippen LogP contribution in [0.15, 0.2) is 12.2 Å². The van der Waals surface area contributed by atoms with Gasteiger partial charge in [0, 0.05) is 0 Å². The molecule has 0 aromatic rings. The van der Waals surface area contributed by atoms with Gasteiger partial charge in [-0.2, -0.15) is 0 Å². The average molecular weight is 83.2 g/mol. The summed E-state index contributed by atoms with van der Waals surface area (Å²) in [5, 5.41) is 0. The molecule has 0 nitrogen and oxygen atoms in total. The van der Waals surface area contributed by atoms with E-state index in [4.69, 9.17) is 0 Å². The molecule has 0 saturated heterocycles. The van der Waals surface area contributed by atoms with Crippen molar-refractivity contribution in [2.45, 2.75) is 20.3 Å². The fourth-order valence-electron chi connectivity index (χ4n) is 0.348. The number of rotatable bonds is 2. The summed E-state index contributed by atoms with van der Waals surface area (Å²) in [5.41, 5.74) is 1.23. The van der Waals surface area contributed by atoms with E-state index in [-0.39, 0.29) is 0 Å². The molecule has 0 bridgehead atoms. The van der Waals surface area contributed by atoms with Gasteiger partial charge in [0.2, 0.25) is 0 Å². The zero-order valence-electron chi connectivity index (χ0n) is 4.49. The number of allylic oxidation sites excluding steroid dienone is 1. The molecule has 0 aliphatic heterocycles. The van der Waals surface area contributed by atoms with Crippen LogP contribution < -0.4 is 0 Å². The molecule has 0 heteroatoms. The first-order valence-corrected chi connectivity index (χ1v) is 2.19. The minimum atomic E-state index is 1.06. The Morgan fingerprint density at radius 2 is 2.33 bits per heavy atom. The van der Waals surface area contributed by atoms with Crippen molar-refractivity contribution in [3.05, 3.63) is 18.6 Å². The van der Waals surface area contributed by atoms with E-state index in [0.29, 0.717) is 0 Å². The van der Waals surface area contributed by atoms with Crippen molar-refractivity contribution in [2.75, 3.05) is 0 Å². The van der Waals surface area contributed by atoms with Crippen molar-refractivity contribution in [3.63, 3.8) is 0 Å². The summed E-state index contributed by atoms with van der Waals surface area (Å²) in [6.45, 7) is 7.78. The van der Waals surface area contributed by atoms with Crippen molar-refractivity contribution in [1.29, 1.82) is 0 Å². The van der Waals surface area contributed by atoms with Crippen molar-refractivity contribution >= 4 is 0 Å². The molecule has 0 rings (SSSR count). The molecule has 0 aliphatic carbocycles. The summed E-state index contributed by atoms with van der Waals surface area (Å²) in [6, 6.07) is 0. The fraction of sp³-hybridized carbons (Fsp3) is 0.500. The molecule has 0 radical (unpaired) electrons. The van der Waals surface area contributed by atoms with Crippen molar-refractivity contribution < 1.29 is 0 Å². The van der Waals surface area contributed by atoms with Gasteiger partial charge >= 0.3 is 0 Å². The van der Waals surface area contributed by atoms with Gasteiger partial charge in [0.25, 0.3) is 0 Å². The molecule has 0 heterocycles. The zero-order valence-corrected chi connectivity index (χ0v) is 4.49. The Morgan fingerprint density at radius 3 is 2.33 bits per heavy atom. The summed E-state index contributed by atoms with van der Waals surface area (Å²) in [4.78, 5) is 0. The Labute approximate surface area is 39.9 Å². The van der Waals surface area contributed by atoms with Gasteiger partial charge in [-0.1, -0.05) is 6.58 Å². The van der Waals surface area contributed by atoms with Crippen LogP contribution >= 0.6 is 0 Å². The molecule has 34 valence electrons. The molecular formula is C6H11+. The molecule has 0 aromatic heterocycles. The summed E-state index contributed by atoms with van der Waals surface area (Å²) >= 11 is 0. The van der Waals surface area contributed by atoms with E-state index in [0.717, 1.165) is 6.42 Å². The topological polar surface area (TPSA) is 0 Å². The van der Waals surface area contributed by atoms with Crippen LogP contribution in [0.2, 0.25) is 0 Å². The van der Waals surface area contributed by atoms with Crippen LogP contribution in [0.4, 0.5) is 0 Å². The van der Waals surface area contributed by atoms with Crippen LogP contribution in [0.25, 0.3) is 0 Å². The molecule has 0 aliphatic rings. The summed E-state index contributed by atoms with van der Waals surface area (Å²) < 4.78 is 0. The fourth-order valence-corrected chi connectivity index (χ4v) is 0.348. The summed E-state index contributed by atoms with van der Waals surface area (Å²) in [6.07, 6.45) is 3.16. The molecule has 0 atom stereocenters. The van der Waals surface area contributed by atoms with Crippen molar-refractivity contribution in [2.24, 2.45) is 0 Å². The quantitative estimate of drug-likeness (QED) is 0.354. The van der Waals surface area contributed by atoms with E-state index in [2.05, 4.69) is 13.0 Å². The number of hydrogen-bond acceptors (Lipinski definition) is 0. The van der Waals surface area contributed by atoms with Crippen molar-refractivity contribution in [1.82, 2.24) is 0 Å². The summed E-state index contributed by atoms with van der Waals surface area (Å²) in [5.74, 6) is 0. The largest absolute Gasteiger partial charge is 0.108 e.